The van der Waals surface area contributed by atoms with Crippen molar-refractivity contribution in [3.63, 3.8) is 0 Å². The highest BCUT2D eigenvalue weighted by atomic mass is 79.9. The third-order valence-electron chi connectivity index (χ3n) is 3.33. The summed E-state index contributed by atoms with van der Waals surface area (Å²) in [6, 6.07) is 6.64. The fraction of sp³-hybridized carbons (Fsp3) is 0.133. The molecular weight excluding hydrogens is 337 g/mol. The van der Waals surface area contributed by atoms with Crippen LogP contribution in [0.25, 0.3) is 16.9 Å². The Morgan fingerprint density at radius 1 is 1.33 bits per heavy atom. The standard InChI is InChI=1S/C15H13BrFN3O/c1-8-5-10(16)7-20-14(18)13(19-15(8)20)9-3-4-12(21-2)11(17)6-9/h3-7H,18H2,1-2H3. The lowest BCUT2D eigenvalue weighted by Crippen LogP contribution is -1.95. The fourth-order valence-corrected chi connectivity index (χ4v) is 2.86. The molecule has 0 spiro atoms. The van der Waals surface area contributed by atoms with Crippen molar-refractivity contribution in [2.24, 2.45) is 0 Å². The zero-order valence-electron chi connectivity index (χ0n) is 11.5. The minimum absolute atomic E-state index is 0.194. The predicted molar refractivity (Wildman–Crippen MR) is 84.0 cm³/mol. The van der Waals surface area contributed by atoms with Gasteiger partial charge in [-0.2, -0.15) is 0 Å². The van der Waals surface area contributed by atoms with E-state index in [2.05, 4.69) is 20.9 Å². The first-order valence-corrected chi connectivity index (χ1v) is 7.08. The maximum atomic E-state index is 13.9. The number of hydrogen-bond acceptors (Lipinski definition) is 3. The summed E-state index contributed by atoms with van der Waals surface area (Å²) in [7, 11) is 1.43. The van der Waals surface area contributed by atoms with Gasteiger partial charge in [0.2, 0.25) is 0 Å². The summed E-state index contributed by atoms with van der Waals surface area (Å²) in [5.74, 6) is 0.225. The Hall–Kier alpha value is -2.08. The van der Waals surface area contributed by atoms with E-state index >= 15 is 0 Å². The van der Waals surface area contributed by atoms with Gasteiger partial charge in [-0.15, -0.1) is 0 Å². The number of nitrogen functional groups attached to an aromatic ring is 1. The number of halogens is 2. The van der Waals surface area contributed by atoms with Crippen LogP contribution < -0.4 is 10.5 Å². The Balaban J connectivity index is 2.23. The van der Waals surface area contributed by atoms with Crippen LogP contribution in [0.2, 0.25) is 0 Å². The Labute approximate surface area is 129 Å². The van der Waals surface area contributed by atoms with Gasteiger partial charge in [-0.05, 0) is 52.7 Å². The van der Waals surface area contributed by atoms with Crippen LogP contribution in [0.5, 0.6) is 5.75 Å². The largest absolute Gasteiger partial charge is 0.494 e. The van der Waals surface area contributed by atoms with E-state index in [1.54, 1.807) is 16.5 Å². The number of ether oxygens (including phenoxy) is 1. The lowest BCUT2D eigenvalue weighted by molar-refractivity contribution is 0.386. The number of fused-ring (bicyclic) bond motifs is 1. The molecule has 0 aliphatic carbocycles. The van der Waals surface area contributed by atoms with Crippen molar-refractivity contribution in [1.82, 2.24) is 9.38 Å². The maximum Gasteiger partial charge on any atom is 0.165 e. The van der Waals surface area contributed by atoms with Gasteiger partial charge in [-0.1, -0.05) is 0 Å². The Kier molecular flexibility index (Phi) is 3.33. The number of nitrogens with two attached hydrogens (primary N) is 1. The summed E-state index contributed by atoms with van der Waals surface area (Å²) in [6.07, 6.45) is 1.84. The van der Waals surface area contributed by atoms with Crippen molar-refractivity contribution in [3.05, 3.63) is 46.3 Å². The van der Waals surface area contributed by atoms with Crippen molar-refractivity contribution in [3.8, 4) is 17.0 Å². The van der Waals surface area contributed by atoms with E-state index in [1.165, 1.54) is 13.2 Å². The van der Waals surface area contributed by atoms with Gasteiger partial charge < -0.3 is 10.5 Å². The minimum Gasteiger partial charge on any atom is -0.494 e. The first kappa shape index (κ1) is 13.9. The van der Waals surface area contributed by atoms with Gasteiger partial charge in [0.1, 0.15) is 17.2 Å². The molecule has 1 aromatic carbocycles. The number of methoxy groups -OCH3 is 1. The van der Waals surface area contributed by atoms with Gasteiger partial charge in [0.25, 0.3) is 0 Å². The van der Waals surface area contributed by atoms with Gasteiger partial charge in [-0.3, -0.25) is 4.40 Å². The minimum atomic E-state index is -0.440. The van der Waals surface area contributed by atoms with Crippen LogP contribution >= 0.6 is 15.9 Å². The average molecular weight is 350 g/mol. The average Bonchev–Trinajstić information content (AvgIpc) is 2.77. The lowest BCUT2D eigenvalue weighted by atomic mass is 10.1. The summed E-state index contributed by atoms with van der Waals surface area (Å²) in [6.45, 7) is 1.95. The van der Waals surface area contributed by atoms with Crippen molar-refractivity contribution in [2.75, 3.05) is 12.8 Å². The summed E-state index contributed by atoms with van der Waals surface area (Å²) in [5.41, 5.74) is 9.06. The molecule has 0 radical (unpaired) electrons. The van der Waals surface area contributed by atoms with Gasteiger partial charge in [0, 0.05) is 16.2 Å². The molecule has 2 N–H and O–H groups in total. The Morgan fingerprint density at radius 2 is 2.10 bits per heavy atom. The molecule has 4 nitrogen and oxygen atoms in total. The number of aromatic nitrogens is 2. The van der Waals surface area contributed by atoms with Crippen molar-refractivity contribution in [1.29, 1.82) is 0 Å². The highest BCUT2D eigenvalue weighted by molar-refractivity contribution is 9.10. The predicted octanol–water partition coefficient (Wildman–Crippen LogP) is 3.80. The molecule has 3 rings (SSSR count). The Bertz CT molecular complexity index is 845. The molecule has 0 aliphatic heterocycles. The van der Waals surface area contributed by atoms with Gasteiger partial charge >= 0.3 is 0 Å². The second-order valence-electron chi connectivity index (χ2n) is 4.73. The van der Waals surface area contributed by atoms with Gasteiger partial charge in [-0.25, -0.2) is 9.37 Å². The van der Waals surface area contributed by atoms with E-state index in [9.17, 15) is 4.39 Å². The summed E-state index contributed by atoms with van der Waals surface area (Å²) in [4.78, 5) is 4.53. The van der Waals surface area contributed by atoms with Gasteiger partial charge in [0.05, 0.1) is 7.11 Å². The molecule has 2 heterocycles. The second-order valence-corrected chi connectivity index (χ2v) is 5.65. The van der Waals surface area contributed by atoms with Crippen molar-refractivity contribution < 1.29 is 9.13 Å². The number of aryl methyl sites for hydroxylation is 1. The Morgan fingerprint density at radius 3 is 2.76 bits per heavy atom. The first-order valence-electron chi connectivity index (χ1n) is 6.29. The second kappa shape index (κ2) is 5.04. The van der Waals surface area contributed by atoms with Crippen molar-refractivity contribution >= 4 is 27.4 Å². The molecule has 0 atom stereocenters. The summed E-state index contributed by atoms with van der Waals surface area (Å²) < 4.78 is 21.5. The highest BCUT2D eigenvalue weighted by Crippen LogP contribution is 2.31. The monoisotopic (exact) mass is 349 g/mol. The summed E-state index contributed by atoms with van der Waals surface area (Å²) >= 11 is 3.43. The normalized spacial score (nSPS) is 11.0. The van der Waals surface area contributed by atoms with Crippen LogP contribution in [-0.4, -0.2) is 16.5 Å². The SMILES string of the molecule is COc1ccc(-c2nc3c(C)cc(Br)cn3c2N)cc1F. The van der Waals surface area contributed by atoms with E-state index in [-0.39, 0.29) is 5.75 Å². The molecule has 21 heavy (non-hydrogen) atoms. The molecule has 6 heteroatoms. The number of rotatable bonds is 2. The van der Waals surface area contributed by atoms with E-state index in [0.29, 0.717) is 17.1 Å². The van der Waals surface area contributed by atoms with Crippen molar-refractivity contribution in [2.45, 2.75) is 6.92 Å². The molecule has 0 bridgehead atoms. The summed E-state index contributed by atoms with van der Waals surface area (Å²) in [5, 5.41) is 0. The van der Waals surface area contributed by atoms with Crippen LogP contribution in [0.3, 0.4) is 0 Å². The van der Waals surface area contributed by atoms with E-state index < -0.39 is 5.82 Å². The number of anilines is 1. The molecule has 3 aromatic rings. The highest BCUT2D eigenvalue weighted by Gasteiger charge is 2.15. The molecular formula is C15H13BrFN3O. The maximum absolute atomic E-state index is 13.9. The van der Waals surface area contributed by atoms with Gasteiger partial charge in [0.15, 0.2) is 11.6 Å². The van der Waals surface area contributed by atoms with Crippen LogP contribution in [0.15, 0.2) is 34.9 Å². The molecule has 0 saturated heterocycles. The third-order valence-corrected chi connectivity index (χ3v) is 3.77. The number of imidazole rings is 1. The van der Waals surface area contributed by atoms with E-state index in [4.69, 9.17) is 10.5 Å². The molecule has 2 aromatic heterocycles. The number of benzene rings is 1. The smallest absolute Gasteiger partial charge is 0.165 e. The lowest BCUT2D eigenvalue weighted by Gasteiger charge is -2.04. The molecule has 0 amide bonds. The number of nitrogens with zero attached hydrogens (tertiary/aromatic N) is 2. The number of hydrogen-bond donors (Lipinski definition) is 1. The molecule has 0 fully saturated rings. The number of pyridine rings is 1. The first-order chi connectivity index (χ1) is 10.0. The topological polar surface area (TPSA) is 52.5 Å². The molecule has 0 unspecified atom stereocenters. The van der Waals surface area contributed by atoms with E-state index in [0.717, 1.165) is 15.7 Å². The third kappa shape index (κ3) is 2.25. The van der Waals surface area contributed by atoms with E-state index in [1.807, 2.05) is 19.2 Å². The fourth-order valence-electron chi connectivity index (χ4n) is 2.31. The molecule has 0 aliphatic rings. The zero-order chi connectivity index (χ0) is 15.1. The van der Waals surface area contributed by atoms with Crippen LogP contribution in [0.4, 0.5) is 10.2 Å². The van der Waals surface area contributed by atoms with Crippen LogP contribution in [0.1, 0.15) is 5.56 Å². The molecule has 0 saturated carbocycles. The van der Waals surface area contributed by atoms with Crippen LogP contribution in [-0.2, 0) is 0 Å². The molecule has 108 valence electrons. The quantitative estimate of drug-likeness (QED) is 0.765. The van der Waals surface area contributed by atoms with Crippen LogP contribution in [0, 0.1) is 12.7 Å². The zero-order valence-corrected chi connectivity index (χ0v) is 13.1.